The zero-order chi connectivity index (χ0) is 15.4. The number of pyridine rings is 1. The lowest BCUT2D eigenvalue weighted by molar-refractivity contribution is -0.127. The first-order chi connectivity index (χ1) is 10.1. The number of nitrogens with two attached hydrogens (primary N) is 1. The molecule has 112 valence electrons. The molecule has 0 aromatic carbocycles. The van der Waals surface area contributed by atoms with E-state index in [9.17, 15) is 9.59 Å². The van der Waals surface area contributed by atoms with Gasteiger partial charge in [0.25, 0.3) is 5.91 Å². The van der Waals surface area contributed by atoms with Gasteiger partial charge in [-0.25, -0.2) is 0 Å². The lowest BCUT2D eigenvalue weighted by Gasteiger charge is -2.34. The molecule has 0 saturated carbocycles. The van der Waals surface area contributed by atoms with Crippen molar-refractivity contribution >= 4 is 17.6 Å². The Hall–Kier alpha value is -2.64. The van der Waals surface area contributed by atoms with Crippen LogP contribution in [0.4, 0.5) is 0 Å². The zero-order valence-electron chi connectivity index (χ0n) is 11.6. The molecule has 1 aromatic rings. The smallest absolute Gasteiger partial charge is 0.273 e. The van der Waals surface area contributed by atoms with Crippen molar-refractivity contribution < 1.29 is 14.8 Å². The Morgan fingerprint density at radius 2 is 2.38 bits per heavy atom. The topological polar surface area (TPSA) is 121 Å². The average Bonchev–Trinajstić information content (AvgIpc) is 2.53. The number of hydrogen-bond acceptors (Lipinski definition) is 5. The van der Waals surface area contributed by atoms with E-state index in [1.165, 1.54) is 17.2 Å². The summed E-state index contributed by atoms with van der Waals surface area (Å²) >= 11 is 0. The molecule has 1 fully saturated rings. The molecular weight excluding hydrogens is 274 g/mol. The summed E-state index contributed by atoms with van der Waals surface area (Å²) in [7, 11) is 0. The molecule has 1 aliphatic rings. The van der Waals surface area contributed by atoms with Crippen molar-refractivity contribution in [3.05, 3.63) is 29.6 Å². The predicted octanol–water partition coefficient (Wildman–Crippen LogP) is -0.473. The molecule has 2 amide bonds. The summed E-state index contributed by atoms with van der Waals surface area (Å²) in [4.78, 5) is 29.7. The number of oxime groups is 1. The van der Waals surface area contributed by atoms with Crippen molar-refractivity contribution in [2.24, 2.45) is 10.9 Å². The van der Waals surface area contributed by atoms with Crippen molar-refractivity contribution in [3.63, 3.8) is 0 Å². The Morgan fingerprint density at radius 3 is 2.95 bits per heavy atom. The van der Waals surface area contributed by atoms with E-state index in [4.69, 9.17) is 10.9 Å². The van der Waals surface area contributed by atoms with Gasteiger partial charge in [0.05, 0.1) is 0 Å². The minimum Gasteiger partial charge on any atom is -0.409 e. The number of piperazine rings is 1. The van der Waals surface area contributed by atoms with E-state index >= 15 is 0 Å². The molecule has 2 rings (SSSR count). The Balaban J connectivity index is 2.21. The van der Waals surface area contributed by atoms with E-state index in [-0.39, 0.29) is 23.3 Å². The van der Waals surface area contributed by atoms with Gasteiger partial charge in [0.1, 0.15) is 11.7 Å². The van der Waals surface area contributed by atoms with Crippen LogP contribution in [0.1, 0.15) is 29.4 Å². The molecule has 4 N–H and O–H groups in total. The first-order valence-corrected chi connectivity index (χ1v) is 6.61. The molecule has 0 bridgehead atoms. The van der Waals surface area contributed by atoms with Crippen molar-refractivity contribution in [3.8, 4) is 0 Å². The lowest BCUT2D eigenvalue weighted by atomic mass is 10.1. The molecule has 1 saturated heterocycles. The largest absolute Gasteiger partial charge is 0.409 e. The number of carbonyl (C=O) groups excluding carboxylic acids is 2. The minimum atomic E-state index is -0.475. The van der Waals surface area contributed by atoms with Gasteiger partial charge < -0.3 is 21.2 Å². The second-order valence-electron chi connectivity index (χ2n) is 4.63. The van der Waals surface area contributed by atoms with E-state index in [0.29, 0.717) is 25.1 Å². The van der Waals surface area contributed by atoms with Gasteiger partial charge in [-0.15, -0.1) is 0 Å². The van der Waals surface area contributed by atoms with Crippen LogP contribution in [0.5, 0.6) is 0 Å². The van der Waals surface area contributed by atoms with E-state index in [1.807, 2.05) is 6.92 Å². The van der Waals surface area contributed by atoms with Gasteiger partial charge in [-0.2, -0.15) is 0 Å². The number of rotatable bonds is 3. The average molecular weight is 291 g/mol. The van der Waals surface area contributed by atoms with Gasteiger partial charge in [-0.3, -0.25) is 14.6 Å². The van der Waals surface area contributed by atoms with Crippen LogP contribution in [0, 0.1) is 0 Å². The normalized spacial score (nSPS) is 19.3. The highest BCUT2D eigenvalue weighted by atomic mass is 16.4. The van der Waals surface area contributed by atoms with Crippen LogP contribution in [0.25, 0.3) is 0 Å². The number of amidine groups is 1. The van der Waals surface area contributed by atoms with Crippen molar-refractivity contribution in [1.82, 2.24) is 15.2 Å². The highest BCUT2D eigenvalue weighted by Crippen LogP contribution is 2.13. The number of hydrogen-bond donors (Lipinski definition) is 3. The Labute approximate surface area is 121 Å². The minimum absolute atomic E-state index is 0.0784. The van der Waals surface area contributed by atoms with Crippen LogP contribution >= 0.6 is 0 Å². The highest BCUT2D eigenvalue weighted by Gasteiger charge is 2.32. The molecule has 1 aliphatic heterocycles. The van der Waals surface area contributed by atoms with Gasteiger partial charge in [0.2, 0.25) is 5.91 Å². The fraction of sp³-hybridized carbons (Fsp3) is 0.385. The summed E-state index contributed by atoms with van der Waals surface area (Å²) in [6.45, 7) is 2.74. The SMILES string of the molecule is CCC1C(=O)NCCN1C(=O)c1ccc(C(N)=NO)cn1. The number of nitrogens with one attached hydrogen (secondary N) is 1. The molecule has 8 heteroatoms. The van der Waals surface area contributed by atoms with Crippen molar-refractivity contribution in [2.45, 2.75) is 19.4 Å². The molecule has 0 aliphatic carbocycles. The molecule has 21 heavy (non-hydrogen) atoms. The first-order valence-electron chi connectivity index (χ1n) is 6.61. The van der Waals surface area contributed by atoms with Gasteiger partial charge in [-0.05, 0) is 18.6 Å². The molecule has 1 aromatic heterocycles. The monoisotopic (exact) mass is 291 g/mol. The summed E-state index contributed by atoms with van der Waals surface area (Å²) in [6, 6.07) is 2.56. The predicted molar refractivity (Wildman–Crippen MR) is 74.9 cm³/mol. The van der Waals surface area contributed by atoms with Crippen LogP contribution in [0.3, 0.4) is 0 Å². The Kier molecular flexibility index (Phi) is 4.36. The quantitative estimate of drug-likeness (QED) is 0.301. The first kappa shape index (κ1) is 14.8. The maximum atomic E-state index is 12.4. The third kappa shape index (κ3) is 2.93. The van der Waals surface area contributed by atoms with E-state index in [0.717, 1.165) is 0 Å². The van der Waals surface area contributed by atoms with Crippen LogP contribution < -0.4 is 11.1 Å². The number of aromatic nitrogens is 1. The van der Waals surface area contributed by atoms with E-state index in [1.54, 1.807) is 6.07 Å². The third-order valence-corrected chi connectivity index (χ3v) is 3.36. The Bertz CT molecular complexity index is 570. The third-order valence-electron chi connectivity index (χ3n) is 3.36. The maximum Gasteiger partial charge on any atom is 0.273 e. The number of carbonyl (C=O) groups is 2. The van der Waals surface area contributed by atoms with Gasteiger partial charge in [0, 0.05) is 24.8 Å². The van der Waals surface area contributed by atoms with Gasteiger partial charge >= 0.3 is 0 Å². The second-order valence-corrected chi connectivity index (χ2v) is 4.63. The summed E-state index contributed by atoms with van der Waals surface area (Å²) in [5.74, 6) is -0.529. The molecule has 8 nitrogen and oxygen atoms in total. The zero-order valence-corrected chi connectivity index (χ0v) is 11.6. The standard InChI is InChI=1S/C13H17N5O3/c1-2-10-12(19)15-5-6-18(10)13(20)9-4-3-8(7-16-9)11(14)17-21/h3-4,7,10,21H,2,5-6H2,1H3,(H2,14,17)(H,15,19). The van der Waals surface area contributed by atoms with Crippen LogP contribution in [0.2, 0.25) is 0 Å². The van der Waals surface area contributed by atoms with E-state index < -0.39 is 6.04 Å². The number of nitrogens with zero attached hydrogens (tertiary/aromatic N) is 3. The summed E-state index contributed by atoms with van der Waals surface area (Å²) in [5, 5.41) is 14.2. The lowest BCUT2D eigenvalue weighted by Crippen LogP contribution is -2.57. The fourth-order valence-electron chi connectivity index (χ4n) is 2.24. The molecular formula is C13H17N5O3. The summed E-state index contributed by atoms with van der Waals surface area (Å²) in [6.07, 6.45) is 1.90. The highest BCUT2D eigenvalue weighted by molar-refractivity contribution is 5.99. The Morgan fingerprint density at radius 1 is 1.62 bits per heavy atom. The van der Waals surface area contributed by atoms with Crippen molar-refractivity contribution in [1.29, 1.82) is 0 Å². The summed E-state index contributed by atoms with van der Waals surface area (Å²) < 4.78 is 0. The van der Waals surface area contributed by atoms with E-state index in [2.05, 4.69) is 15.5 Å². The van der Waals surface area contributed by atoms with Gasteiger partial charge in [-0.1, -0.05) is 12.1 Å². The van der Waals surface area contributed by atoms with Crippen LogP contribution in [-0.4, -0.2) is 51.9 Å². The molecule has 0 spiro atoms. The molecule has 1 unspecified atom stereocenters. The molecule has 1 atom stereocenters. The number of amides is 2. The van der Waals surface area contributed by atoms with Crippen molar-refractivity contribution in [2.75, 3.05) is 13.1 Å². The van der Waals surface area contributed by atoms with Crippen LogP contribution in [-0.2, 0) is 4.79 Å². The second kappa shape index (κ2) is 6.21. The van der Waals surface area contributed by atoms with Crippen LogP contribution in [0.15, 0.2) is 23.5 Å². The summed E-state index contributed by atoms with van der Waals surface area (Å²) in [5.41, 5.74) is 6.07. The molecule has 2 heterocycles. The maximum absolute atomic E-state index is 12.4. The fourth-order valence-corrected chi connectivity index (χ4v) is 2.24. The molecule has 0 radical (unpaired) electrons. The van der Waals surface area contributed by atoms with Gasteiger partial charge in [0.15, 0.2) is 5.84 Å².